The molecule has 0 spiro atoms. The molecule has 0 radical (unpaired) electrons. The molecule has 1 rings (SSSR count). The predicted molar refractivity (Wildman–Crippen MR) is 70.0 cm³/mol. The highest BCUT2D eigenvalue weighted by Gasteiger charge is 2.38. The molecule has 0 bridgehead atoms. The molecule has 0 amide bonds. The average molecular weight is 288 g/mol. The third-order valence-electron chi connectivity index (χ3n) is 2.53. The minimum Gasteiger partial charge on any atom is -0.495 e. The Balaban J connectivity index is 2.78. The number of nitrogens with one attached hydrogen (secondary N) is 1. The highest BCUT2D eigenvalue weighted by atomic mass is 19.4. The van der Waals surface area contributed by atoms with Crippen molar-refractivity contribution in [3.05, 3.63) is 24.3 Å². The smallest absolute Gasteiger partial charge is 0.450 e. The number of hydrazone groups is 1. The van der Waals surface area contributed by atoms with Gasteiger partial charge in [0.05, 0.1) is 19.2 Å². The third-order valence-corrected chi connectivity index (χ3v) is 2.53. The first kappa shape index (κ1) is 16.0. The molecule has 110 valence electrons. The number of ketones is 1. The summed E-state index contributed by atoms with van der Waals surface area (Å²) in [6.07, 6.45) is -5.34. The highest BCUT2D eigenvalue weighted by molar-refractivity contribution is 6.04. The van der Waals surface area contributed by atoms with Crippen molar-refractivity contribution < 1.29 is 22.7 Å². The second-order valence-electron chi connectivity index (χ2n) is 3.94. The Labute approximate surface area is 114 Å². The van der Waals surface area contributed by atoms with Gasteiger partial charge < -0.3 is 4.74 Å². The maximum absolute atomic E-state index is 12.2. The van der Waals surface area contributed by atoms with E-state index in [0.29, 0.717) is 11.4 Å². The number of alkyl halides is 3. The summed E-state index contributed by atoms with van der Waals surface area (Å²) in [5, 5.41) is 3.84. The van der Waals surface area contributed by atoms with E-state index >= 15 is 0 Å². The summed E-state index contributed by atoms with van der Waals surface area (Å²) in [5.41, 5.74) is 3.25. The lowest BCUT2D eigenvalue weighted by atomic mass is 10.1. The summed E-state index contributed by atoms with van der Waals surface area (Å²) < 4.78 is 41.6. The number of hydrogen-bond acceptors (Lipinski definition) is 4. The van der Waals surface area contributed by atoms with Crippen LogP contribution in [0.5, 0.6) is 5.75 Å². The Bertz CT molecular complexity index is 499. The van der Waals surface area contributed by atoms with Gasteiger partial charge in [0.15, 0.2) is 0 Å². The van der Waals surface area contributed by atoms with Gasteiger partial charge in [0.1, 0.15) is 5.75 Å². The van der Waals surface area contributed by atoms with Crippen molar-refractivity contribution in [1.82, 2.24) is 0 Å². The van der Waals surface area contributed by atoms with Gasteiger partial charge in [-0.3, -0.25) is 10.2 Å². The van der Waals surface area contributed by atoms with E-state index in [4.69, 9.17) is 4.74 Å². The van der Waals surface area contributed by atoms with Gasteiger partial charge in [-0.25, -0.2) is 0 Å². The molecule has 0 fully saturated rings. The zero-order chi connectivity index (χ0) is 15.2. The second-order valence-corrected chi connectivity index (χ2v) is 3.94. The number of halogens is 3. The minimum atomic E-state index is -4.83. The van der Waals surface area contributed by atoms with E-state index in [1.54, 1.807) is 31.2 Å². The van der Waals surface area contributed by atoms with E-state index in [1.807, 2.05) is 0 Å². The number of anilines is 1. The van der Waals surface area contributed by atoms with Gasteiger partial charge in [0.25, 0.3) is 0 Å². The van der Waals surface area contributed by atoms with E-state index < -0.39 is 18.4 Å². The van der Waals surface area contributed by atoms with Crippen molar-refractivity contribution in [2.24, 2.45) is 5.10 Å². The molecule has 0 unspecified atom stereocenters. The first-order valence-corrected chi connectivity index (χ1v) is 5.93. The largest absolute Gasteiger partial charge is 0.495 e. The third kappa shape index (κ3) is 4.56. The molecule has 1 aromatic carbocycles. The Morgan fingerprint density at radius 2 is 2.00 bits per heavy atom. The summed E-state index contributed by atoms with van der Waals surface area (Å²) in [4.78, 5) is 10.9. The molecule has 0 heterocycles. The number of nitrogens with zero attached hydrogens (tertiary/aromatic N) is 1. The summed E-state index contributed by atoms with van der Waals surface area (Å²) in [6.45, 7) is 1.63. The monoisotopic (exact) mass is 288 g/mol. The number of carbonyl (C=O) groups is 1. The van der Waals surface area contributed by atoms with Gasteiger partial charge in [0, 0.05) is 5.71 Å². The molecule has 4 nitrogen and oxygen atoms in total. The van der Waals surface area contributed by atoms with Crippen LogP contribution in [0.1, 0.15) is 19.8 Å². The highest BCUT2D eigenvalue weighted by Crippen LogP contribution is 2.23. The topological polar surface area (TPSA) is 50.7 Å². The number of methoxy groups -OCH3 is 1. The summed E-state index contributed by atoms with van der Waals surface area (Å²) in [7, 11) is 1.47. The Morgan fingerprint density at radius 1 is 1.35 bits per heavy atom. The Kier molecular flexibility index (Phi) is 5.54. The van der Waals surface area contributed by atoms with Crippen LogP contribution in [0.4, 0.5) is 18.9 Å². The SMILES string of the molecule is CCC(CC(=O)C(F)(F)F)=NNc1ccccc1OC. The maximum atomic E-state index is 12.2. The second kappa shape index (κ2) is 6.93. The molecule has 0 aliphatic rings. The fourth-order valence-electron chi connectivity index (χ4n) is 1.41. The van der Waals surface area contributed by atoms with Crippen LogP contribution >= 0.6 is 0 Å². The first-order valence-electron chi connectivity index (χ1n) is 5.93. The van der Waals surface area contributed by atoms with Crippen molar-refractivity contribution in [2.45, 2.75) is 25.9 Å². The van der Waals surface area contributed by atoms with Crippen LogP contribution in [0.2, 0.25) is 0 Å². The number of Topliss-reactive ketones (excluding diaryl/α,β-unsaturated/α-hetero) is 1. The number of para-hydroxylation sites is 2. The van der Waals surface area contributed by atoms with E-state index in [1.165, 1.54) is 7.11 Å². The zero-order valence-electron chi connectivity index (χ0n) is 11.1. The van der Waals surface area contributed by atoms with Gasteiger partial charge in [-0.1, -0.05) is 19.1 Å². The summed E-state index contributed by atoms with van der Waals surface area (Å²) in [6, 6.07) is 6.83. The fraction of sp³-hybridized carbons (Fsp3) is 0.385. The molecule has 0 aliphatic heterocycles. The standard InChI is InChI=1S/C13H15F3N2O2/c1-3-9(8-12(19)13(14,15)16)17-18-10-6-4-5-7-11(10)20-2/h4-7,18H,3,8H2,1-2H3. The quantitative estimate of drug-likeness (QED) is 0.644. The van der Waals surface area contributed by atoms with Gasteiger partial charge in [0.2, 0.25) is 5.78 Å². The average Bonchev–Trinajstić information content (AvgIpc) is 2.42. The lowest BCUT2D eigenvalue weighted by molar-refractivity contribution is -0.169. The van der Waals surface area contributed by atoms with E-state index in [0.717, 1.165) is 0 Å². The van der Waals surface area contributed by atoms with Crippen LogP contribution in [-0.4, -0.2) is 24.8 Å². The van der Waals surface area contributed by atoms with Crippen LogP contribution < -0.4 is 10.2 Å². The molecule has 0 aromatic heterocycles. The van der Waals surface area contributed by atoms with E-state index in [2.05, 4.69) is 10.5 Å². The van der Waals surface area contributed by atoms with Crippen LogP contribution in [-0.2, 0) is 4.79 Å². The van der Waals surface area contributed by atoms with E-state index in [9.17, 15) is 18.0 Å². The van der Waals surface area contributed by atoms with Gasteiger partial charge in [-0.2, -0.15) is 18.3 Å². The molecule has 20 heavy (non-hydrogen) atoms. The fourth-order valence-corrected chi connectivity index (χ4v) is 1.41. The van der Waals surface area contributed by atoms with Crippen molar-refractivity contribution in [3.63, 3.8) is 0 Å². The van der Waals surface area contributed by atoms with Gasteiger partial charge >= 0.3 is 6.18 Å². The zero-order valence-corrected chi connectivity index (χ0v) is 11.1. The predicted octanol–water partition coefficient (Wildman–Crippen LogP) is 3.39. The van der Waals surface area contributed by atoms with Crippen molar-refractivity contribution >= 4 is 17.2 Å². The molecular formula is C13H15F3N2O2. The first-order chi connectivity index (χ1) is 9.38. The maximum Gasteiger partial charge on any atom is 0.450 e. The molecular weight excluding hydrogens is 273 g/mol. The van der Waals surface area contributed by atoms with Gasteiger partial charge in [-0.15, -0.1) is 0 Å². The molecule has 0 saturated carbocycles. The molecule has 0 atom stereocenters. The van der Waals surface area contributed by atoms with Crippen LogP contribution in [0.3, 0.4) is 0 Å². The molecule has 0 saturated heterocycles. The number of hydrogen-bond donors (Lipinski definition) is 1. The number of benzene rings is 1. The number of carbonyl (C=O) groups excluding carboxylic acids is 1. The van der Waals surface area contributed by atoms with Crippen molar-refractivity contribution in [1.29, 1.82) is 0 Å². The molecule has 1 N–H and O–H groups in total. The molecule has 7 heteroatoms. The number of ether oxygens (including phenoxy) is 1. The summed E-state index contributed by atoms with van der Waals surface area (Å²) >= 11 is 0. The Hall–Kier alpha value is -2.05. The molecule has 1 aromatic rings. The van der Waals surface area contributed by atoms with Gasteiger partial charge in [-0.05, 0) is 18.6 Å². The van der Waals surface area contributed by atoms with Crippen LogP contribution in [0, 0.1) is 0 Å². The van der Waals surface area contributed by atoms with Crippen molar-refractivity contribution in [3.8, 4) is 5.75 Å². The normalized spacial score (nSPS) is 12.2. The lowest BCUT2D eigenvalue weighted by Gasteiger charge is -2.09. The van der Waals surface area contributed by atoms with E-state index in [-0.39, 0.29) is 12.1 Å². The van der Waals surface area contributed by atoms with Crippen LogP contribution in [0.25, 0.3) is 0 Å². The van der Waals surface area contributed by atoms with Crippen LogP contribution in [0.15, 0.2) is 29.4 Å². The molecule has 0 aliphatic carbocycles. The van der Waals surface area contributed by atoms with Crippen molar-refractivity contribution in [2.75, 3.05) is 12.5 Å². The number of rotatable bonds is 6. The minimum absolute atomic E-state index is 0.123. The lowest BCUT2D eigenvalue weighted by Crippen LogP contribution is -2.25. The summed E-state index contributed by atoms with van der Waals surface area (Å²) in [5.74, 6) is -1.30. The Morgan fingerprint density at radius 3 is 2.55 bits per heavy atom.